The molecule has 1 aromatic carbocycles. The van der Waals surface area contributed by atoms with Gasteiger partial charge in [0.25, 0.3) is 0 Å². The van der Waals surface area contributed by atoms with Crippen LogP contribution in [0.4, 0.5) is 5.69 Å². The fourth-order valence-electron chi connectivity index (χ4n) is 3.03. The SMILES string of the molecule is CCc1cc(Br)ccc1NC(C)c1cc2c(s1)CCCC2. The fourth-order valence-corrected chi connectivity index (χ4v) is 4.70. The molecule has 0 fully saturated rings. The van der Waals surface area contributed by atoms with Gasteiger partial charge in [0.1, 0.15) is 0 Å². The zero-order valence-corrected chi connectivity index (χ0v) is 15.1. The maximum Gasteiger partial charge on any atom is 0.0578 e. The van der Waals surface area contributed by atoms with Crippen LogP contribution in [0.2, 0.25) is 0 Å². The number of rotatable bonds is 4. The van der Waals surface area contributed by atoms with Crippen molar-refractivity contribution in [1.29, 1.82) is 0 Å². The third-order valence-corrected chi connectivity index (χ3v) is 6.18. The predicted molar refractivity (Wildman–Crippen MR) is 96.5 cm³/mol. The lowest BCUT2D eigenvalue weighted by molar-refractivity contribution is 0.696. The monoisotopic (exact) mass is 363 g/mol. The number of anilines is 1. The Labute approximate surface area is 139 Å². The Morgan fingerprint density at radius 2 is 2.05 bits per heavy atom. The number of hydrogen-bond donors (Lipinski definition) is 1. The van der Waals surface area contributed by atoms with E-state index < -0.39 is 0 Å². The lowest BCUT2D eigenvalue weighted by Gasteiger charge is -2.17. The Morgan fingerprint density at radius 1 is 1.24 bits per heavy atom. The van der Waals surface area contributed by atoms with Crippen molar-refractivity contribution in [3.05, 3.63) is 49.6 Å². The molecule has 3 rings (SSSR count). The molecule has 112 valence electrons. The van der Waals surface area contributed by atoms with Crippen LogP contribution < -0.4 is 5.32 Å². The first-order valence-electron chi connectivity index (χ1n) is 7.84. The van der Waals surface area contributed by atoms with E-state index in [9.17, 15) is 0 Å². The number of nitrogens with one attached hydrogen (secondary N) is 1. The molecule has 1 atom stereocenters. The predicted octanol–water partition coefficient (Wildman–Crippen LogP) is 6.12. The number of aryl methyl sites for hydroxylation is 3. The van der Waals surface area contributed by atoms with Crippen LogP contribution in [0.5, 0.6) is 0 Å². The molecule has 1 aliphatic carbocycles. The highest BCUT2D eigenvalue weighted by Crippen LogP contribution is 2.34. The van der Waals surface area contributed by atoms with Crippen LogP contribution >= 0.6 is 27.3 Å². The molecule has 0 saturated heterocycles. The summed E-state index contributed by atoms with van der Waals surface area (Å²) in [5.41, 5.74) is 4.23. The highest BCUT2D eigenvalue weighted by molar-refractivity contribution is 9.10. The number of benzene rings is 1. The average Bonchev–Trinajstić information content (AvgIpc) is 2.93. The van der Waals surface area contributed by atoms with Crippen LogP contribution in [0.1, 0.15) is 53.6 Å². The van der Waals surface area contributed by atoms with Crippen LogP contribution in [-0.2, 0) is 19.3 Å². The van der Waals surface area contributed by atoms with Gasteiger partial charge in [0.05, 0.1) is 6.04 Å². The van der Waals surface area contributed by atoms with Gasteiger partial charge in [-0.2, -0.15) is 0 Å². The standard InChI is InChI=1S/C18H22BrNS/c1-3-13-10-15(19)8-9-16(13)20-12(2)18-11-14-6-4-5-7-17(14)21-18/h8-12,20H,3-7H2,1-2H3. The highest BCUT2D eigenvalue weighted by Gasteiger charge is 2.17. The van der Waals surface area contributed by atoms with Crippen LogP contribution in [-0.4, -0.2) is 0 Å². The minimum absolute atomic E-state index is 0.382. The molecular formula is C18H22BrNS. The molecule has 0 saturated carbocycles. The minimum Gasteiger partial charge on any atom is -0.377 e. The number of halogens is 1. The van der Waals surface area contributed by atoms with Gasteiger partial charge in [-0.25, -0.2) is 0 Å². The fraction of sp³-hybridized carbons (Fsp3) is 0.444. The maximum absolute atomic E-state index is 3.70. The van der Waals surface area contributed by atoms with Crippen LogP contribution in [0, 0.1) is 0 Å². The second-order valence-corrected chi connectivity index (χ2v) is 7.91. The zero-order chi connectivity index (χ0) is 14.8. The molecule has 1 unspecified atom stereocenters. The lowest BCUT2D eigenvalue weighted by atomic mass is 9.99. The van der Waals surface area contributed by atoms with Gasteiger partial charge in [-0.1, -0.05) is 22.9 Å². The van der Waals surface area contributed by atoms with E-state index in [0.29, 0.717) is 6.04 Å². The third-order valence-electron chi connectivity index (χ3n) is 4.26. The number of hydrogen-bond acceptors (Lipinski definition) is 2. The molecular weight excluding hydrogens is 342 g/mol. The van der Waals surface area contributed by atoms with Gasteiger partial charge in [0, 0.05) is 19.9 Å². The maximum atomic E-state index is 3.70. The summed E-state index contributed by atoms with van der Waals surface area (Å²) < 4.78 is 1.16. The lowest BCUT2D eigenvalue weighted by Crippen LogP contribution is -2.06. The Morgan fingerprint density at radius 3 is 2.81 bits per heavy atom. The van der Waals surface area contributed by atoms with E-state index in [1.54, 1.807) is 10.4 Å². The molecule has 1 aromatic heterocycles. The van der Waals surface area contributed by atoms with Crippen molar-refractivity contribution >= 4 is 33.0 Å². The van der Waals surface area contributed by atoms with E-state index in [1.807, 2.05) is 11.3 Å². The quantitative estimate of drug-likeness (QED) is 0.689. The van der Waals surface area contributed by atoms with E-state index in [0.717, 1.165) is 10.9 Å². The van der Waals surface area contributed by atoms with Gasteiger partial charge >= 0.3 is 0 Å². The molecule has 1 N–H and O–H groups in total. The molecule has 0 radical (unpaired) electrons. The Balaban J connectivity index is 1.80. The molecule has 0 amide bonds. The summed E-state index contributed by atoms with van der Waals surface area (Å²) in [5, 5.41) is 3.70. The molecule has 1 nitrogen and oxygen atoms in total. The smallest absolute Gasteiger partial charge is 0.0578 e. The second kappa shape index (κ2) is 6.53. The molecule has 0 aliphatic heterocycles. The van der Waals surface area contributed by atoms with Crippen molar-refractivity contribution in [1.82, 2.24) is 0 Å². The Hall–Kier alpha value is -0.800. The first-order chi connectivity index (χ1) is 10.2. The minimum atomic E-state index is 0.382. The molecule has 3 heteroatoms. The topological polar surface area (TPSA) is 12.0 Å². The van der Waals surface area contributed by atoms with E-state index in [1.165, 1.54) is 41.8 Å². The van der Waals surface area contributed by atoms with Gasteiger partial charge in [-0.05, 0) is 74.4 Å². The zero-order valence-electron chi connectivity index (χ0n) is 12.7. The summed E-state index contributed by atoms with van der Waals surface area (Å²) in [4.78, 5) is 3.10. The van der Waals surface area contributed by atoms with Gasteiger partial charge < -0.3 is 5.32 Å². The van der Waals surface area contributed by atoms with E-state index in [-0.39, 0.29) is 0 Å². The summed E-state index contributed by atoms with van der Waals surface area (Å²) in [6.07, 6.45) is 6.33. The molecule has 21 heavy (non-hydrogen) atoms. The Bertz CT molecular complexity index is 609. The highest BCUT2D eigenvalue weighted by atomic mass is 79.9. The summed E-state index contributed by atoms with van der Waals surface area (Å²) in [6, 6.07) is 9.34. The summed E-state index contributed by atoms with van der Waals surface area (Å²) in [5.74, 6) is 0. The molecule has 1 heterocycles. The summed E-state index contributed by atoms with van der Waals surface area (Å²) >= 11 is 5.57. The van der Waals surface area contributed by atoms with E-state index in [2.05, 4.69) is 59.4 Å². The Kier molecular flexibility index (Phi) is 4.70. The van der Waals surface area contributed by atoms with Gasteiger partial charge in [0.15, 0.2) is 0 Å². The van der Waals surface area contributed by atoms with Crippen LogP contribution in [0.25, 0.3) is 0 Å². The van der Waals surface area contributed by atoms with Crippen molar-refractivity contribution in [3.8, 4) is 0 Å². The normalized spacial score (nSPS) is 15.6. The summed E-state index contributed by atoms with van der Waals surface area (Å²) in [7, 11) is 0. The van der Waals surface area contributed by atoms with Gasteiger partial charge in [-0.3, -0.25) is 0 Å². The van der Waals surface area contributed by atoms with Crippen LogP contribution in [0.3, 0.4) is 0 Å². The second-order valence-electron chi connectivity index (χ2n) is 5.83. The molecule has 0 spiro atoms. The van der Waals surface area contributed by atoms with Gasteiger partial charge in [0.2, 0.25) is 0 Å². The first-order valence-corrected chi connectivity index (χ1v) is 9.44. The largest absolute Gasteiger partial charge is 0.377 e. The third kappa shape index (κ3) is 3.35. The van der Waals surface area contributed by atoms with Gasteiger partial charge in [-0.15, -0.1) is 11.3 Å². The number of thiophene rings is 1. The van der Waals surface area contributed by atoms with E-state index in [4.69, 9.17) is 0 Å². The molecule has 1 aliphatic rings. The number of fused-ring (bicyclic) bond motifs is 1. The van der Waals surface area contributed by atoms with Crippen molar-refractivity contribution in [2.45, 2.75) is 52.0 Å². The first kappa shape index (κ1) is 15.1. The molecule has 0 bridgehead atoms. The van der Waals surface area contributed by atoms with Crippen molar-refractivity contribution in [2.75, 3.05) is 5.32 Å². The average molecular weight is 364 g/mol. The van der Waals surface area contributed by atoms with E-state index >= 15 is 0 Å². The summed E-state index contributed by atoms with van der Waals surface area (Å²) in [6.45, 7) is 4.49. The molecule has 2 aromatic rings. The van der Waals surface area contributed by atoms with Crippen molar-refractivity contribution in [2.24, 2.45) is 0 Å². The van der Waals surface area contributed by atoms with Crippen LogP contribution in [0.15, 0.2) is 28.7 Å². The van der Waals surface area contributed by atoms with Crippen molar-refractivity contribution < 1.29 is 0 Å². The van der Waals surface area contributed by atoms with Crippen molar-refractivity contribution in [3.63, 3.8) is 0 Å².